The van der Waals surface area contributed by atoms with Crippen LogP contribution < -0.4 is 0 Å². The third kappa shape index (κ3) is 11.1. The van der Waals surface area contributed by atoms with Crippen LogP contribution in [0.3, 0.4) is 0 Å². The standard InChI is InChI=1S/C28H40N2O4.C2HF3O2/c1-20-11-13-24(14-12-20)28-29-26(21(2)34-28)19-33-25-10-6-9-23(15-25)17-30(18-27(31)32)16-22-7-4-3-5-8-22;3-2(4,5)1(6)7/h11-14,22-23,25H,3-10,15-19H2,1-2H3,(H,31,32);(H,6,7)/t23-,25+;/m0./s1. The SMILES string of the molecule is Cc1ccc(-c2nc(CO[C@@H]3CCC[C@H](CN(CC(=O)O)CC4CCCCC4)C3)c(C)o2)cc1.O=C(O)C(F)(F)F. The molecule has 0 saturated heterocycles. The number of carboxylic acid groups (broad SMARTS) is 2. The summed E-state index contributed by atoms with van der Waals surface area (Å²) in [4.78, 5) is 27.3. The number of aromatic nitrogens is 1. The molecule has 1 heterocycles. The second kappa shape index (κ2) is 15.3. The van der Waals surface area contributed by atoms with Gasteiger partial charge in [0.05, 0.1) is 19.3 Å². The van der Waals surface area contributed by atoms with Gasteiger partial charge >= 0.3 is 18.1 Å². The van der Waals surface area contributed by atoms with Gasteiger partial charge in [0, 0.05) is 18.7 Å². The minimum atomic E-state index is -5.08. The van der Waals surface area contributed by atoms with E-state index in [9.17, 15) is 23.1 Å². The summed E-state index contributed by atoms with van der Waals surface area (Å²) in [5.74, 6) is -0.879. The summed E-state index contributed by atoms with van der Waals surface area (Å²) in [6, 6.07) is 8.20. The van der Waals surface area contributed by atoms with Crippen molar-refractivity contribution in [2.45, 2.75) is 90.5 Å². The molecule has 0 aliphatic heterocycles. The molecule has 2 saturated carbocycles. The first-order valence-electron chi connectivity index (χ1n) is 14.3. The second-order valence-electron chi connectivity index (χ2n) is 11.2. The summed E-state index contributed by atoms with van der Waals surface area (Å²) in [7, 11) is 0. The van der Waals surface area contributed by atoms with Gasteiger partial charge in [0.25, 0.3) is 0 Å². The molecule has 228 valence electrons. The smallest absolute Gasteiger partial charge is 0.480 e. The van der Waals surface area contributed by atoms with Gasteiger partial charge in [-0.05, 0) is 69.9 Å². The Bertz CT molecular complexity index is 1110. The lowest BCUT2D eigenvalue weighted by Gasteiger charge is -2.35. The Morgan fingerprint density at radius 2 is 1.59 bits per heavy atom. The molecule has 2 aliphatic carbocycles. The van der Waals surface area contributed by atoms with Gasteiger partial charge in [-0.25, -0.2) is 9.78 Å². The Morgan fingerprint density at radius 1 is 0.976 bits per heavy atom. The fraction of sp³-hybridized carbons (Fsp3) is 0.633. The first-order chi connectivity index (χ1) is 19.4. The molecule has 2 N–H and O–H groups in total. The maximum atomic E-state index is 11.5. The highest BCUT2D eigenvalue weighted by atomic mass is 19.4. The summed E-state index contributed by atoms with van der Waals surface area (Å²) in [6.45, 7) is 6.41. The summed E-state index contributed by atoms with van der Waals surface area (Å²) < 4.78 is 43.9. The van der Waals surface area contributed by atoms with Crippen LogP contribution >= 0.6 is 0 Å². The van der Waals surface area contributed by atoms with Crippen molar-refractivity contribution in [1.29, 1.82) is 0 Å². The zero-order valence-corrected chi connectivity index (χ0v) is 23.8. The lowest BCUT2D eigenvalue weighted by Crippen LogP contribution is -2.40. The molecular weight excluding hydrogens is 541 g/mol. The number of nitrogens with zero attached hydrogens (tertiary/aromatic N) is 2. The van der Waals surface area contributed by atoms with E-state index in [1.165, 1.54) is 37.7 Å². The highest BCUT2D eigenvalue weighted by Crippen LogP contribution is 2.30. The summed E-state index contributed by atoms with van der Waals surface area (Å²) >= 11 is 0. The molecule has 2 aliphatic rings. The zero-order chi connectivity index (χ0) is 30.0. The molecule has 4 rings (SSSR count). The predicted molar refractivity (Wildman–Crippen MR) is 146 cm³/mol. The van der Waals surface area contributed by atoms with E-state index in [-0.39, 0.29) is 12.6 Å². The number of halogens is 3. The molecule has 0 amide bonds. The third-order valence-corrected chi connectivity index (χ3v) is 7.74. The quantitative estimate of drug-likeness (QED) is 0.321. The number of ether oxygens (including phenoxy) is 1. The van der Waals surface area contributed by atoms with Crippen LogP contribution in [0.5, 0.6) is 0 Å². The van der Waals surface area contributed by atoms with E-state index in [1.807, 2.05) is 19.1 Å². The third-order valence-electron chi connectivity index (χ3n) is 7.74. The molecule has 1 aromatic carbocycles. The van der Waals surface area contributed by atoms with Gasteiger partial charge in [0.2, 0.25) is 5.89 Å². The van der Waals surface area contributed by atoms with Gasteiger partial charge in [-0.15, -0.1) is 0 Å². The fourth-order valence-electron chi connectivity index (χ4n) is 5.63. The van der Waals surface area contributed by atoms with Crippen LogP contribution in [0.1, 0.15) is 74.8 Å². The number of alkyl halides is 3. The minimum absolute atomic E-state index is 0.151. The van der Waals surface area contributed by atoms with Crippen LogP contribution in [0, 0.1) is 25.7 Å². The van der Waals surface area contributed by atoms with Crippen molar-refractivity contribution in [3.63, 3.8) is 0 Å². The van der Waals surface area contributed by atoms with Crippen LogP contribution in [-0.2, 0) is 20.9 Å². The average molecular weight is 583 g/mol. The molecular formula is C30H41F3N2O6. The monoisotopic (exact) mass is 582 g/mol. The molecule has 0 spiro atoms. The number of aryl methyl sites for hydroxylation is 2. The lowest BCUT2D eigenvalue weighted by atomic mass is 9.85. The van der Waals surface area contributed by atoms with Crippen LogP contribution in [0.25, 0.3) is 11.5 Å². The van der Waals surface area contributed by atoms with E-state index in [2.05, 4.69) is 24.0 Å². The number of benzene rings is 1. The first kappa shape index (κ1) is 32.6. The number of carbonyl (C=O) groups is 2. The molecule has 2 atom stereocenters. The van der Waals surface area contributed by atoms with Crippen molar-refractivity contribution in [3.8, 4) is 11.5 Å². The second-order valence-corrected chi connectivity index (χ2v) is 11.2. The molecule has 41 heavy (non-hydrogen) atoms. The maximum Gasteiger partial charge on any atom is 0.490 e. The molecule has 11 heteroatoms. The van der Waals surface area contributed by atoms with Gasteiger partial charge in [-0.1, -0.05) is 43.4 Å². The summed E-state index contributed by atoms with van der Waals surface area (Å²) in [5, 5.41) is 16.6. The van der Waals surface area contributed by atoms with Crippen molar-refractivity contribution in [3.05, 3.63) is 41.3 Å². The van der Waals surface area contributed by atoms with Crippen LogP contribution in [0.15, 0.2) is 28.7 Å². The van der Waals surface area contributed by atoms with Gasteiger partial charge in [-0.3, -0.25) is 9.69 Å². The molecule has 0 unspecified atom stereocenters. The topological polar surface area (TPSA) is 113 Å². The lowest BCUT2D eigenvalue weighted by molar-refractivity contribution is -0.192. The molecule has 0 radical (unpaired) electrons. The van der Waals surface area contributed by atoms with Crippen LogP contribution in [-0.4, -0.2) is 64.0 Å². The number of oxazole rings is 1. The number of hydrogen-bond acceptors (Lipinski definition) is 6. The molecule has 8 nitrogen and oxygen atoms in total. The Morgan fingerprint density at radius 3 is 2.20 bits per heavy atom. The van der Waals surface area contributed by atoms with Crippen LogP contribution in [0.2, 0.25) is 0 Å². The molecule has 2 aromatic rings. The molecule has 0 bridgehead atoms. The molecule has 1 aromatic heterocycles. The zero-order valence-electron chi connectivity index (χ0n) is 23.8. The van der Waals surface area contributed by atoms with E-state index in [0.29, 0.717) is 24.3 Å². The van der Waals surface area contributed by atoms with E-state index >= 15 is 0 Å². The molecule has 2 fully saturated rings. The average Bonchev–Trinajstić information content (AvgIpc) is 3.28. The summed E-state index contributed by atoms with van der Waals surface area (Å²) in [5.41, 5.74) is 3.06. The van der Waals surface area contributed by atoms with Gasteiger partial charge in [-0.2, -0.15) is 13.2 Å². The van der Waals surface area contributed by atoms with E-state index in [1.54, 1.807) is 0 Å². The highest BCUT2D eigenvalue weighted by Gasteiger charge is 2.38. The number of rotatable bonds is 10. The Labute approximate surface area is 238 Å². The minimum Gasteiger partial charge on any atom is -0.480 e. The van der Waals surface area contributed by atoms with E-state index in [4.69, 9.17) is 24.0 Å². The van der Waals surface area contributed by atoms with Crippen molar-refractivity contribution in [2.75, 3.05) is 19.6 Å². The van der Waals surface area contributed by atoms with Crippen molar-refractivity contribution in [2.24, 2.45) is 11.8 Å². The Kier molecular flexibility index (Phi) is 12.2. The summed E-state index contributed by atoms with van der Waals surface area (Å²) in [6.07, 6.45) is 5.83. The van der Waals surface area contributed by atoms with Crippen LogP contribution in [0.4, 0.5) is 13.2 Å². The van der Waals surface area contributed by atoms with E-state index in [0.717, 1.165) is 55.8 Å². The predicted octanol–water partition coefficient (Wildman–Crippen LogP) is 6.63. The largest absolute Gasteiger partial charge is 0.490 e. The number of aliphatic carboxylic acids is 2. The van der Waals surface area contributed by atoms with Crippen molar-refractivity contribution >= 4 is 11.9 Å². The van der Waals surface area contributed by atoms with E-state index < -0.39 is 18.1 Å². The normalized spacial score (nSPS) is 20.0. The van der Waals surface area contributed by atoms with Crippen molar-refractivity contribution < 1.29 is 42.1 Å². The van der Waals surface area contributed by atoms with Gasteiger partial charge < -0.3 is 19.4 Å². The van der Waals surface area contributed by atoms with Crippen molar-refractivity contribution in [1.82, 2.24) is 9.88 Å². The first-order valence-corrected chi connectivity index (χ1v) is 14.3. The van der Waals surface area contributed by atoms with Gasteiger partial charge in [0.15, 0.2) is 0 Å². The number of hydrogen-bond donors (Lipinski definition) is 2. The maximum absolute atomic E-state index is 11.5. The van der Waals surface area contributed by atoms with Gasteiger partial charge in [0.1, 0.15) is 11.5 Å². The fourth-order valence-corrected chi connectivity index (χ4v) is 5.63. The Hall–Kier alpha value is -2.92. The highest BCUT2D eigenvalue weighted by molar-refractivity contribution is 5.73. The Balaban J connectivity index is 0.000000587. The number of carboxylic acids is 2.